The van der Waals surface area contributed by atoms with Gasteiger partial charge in [-0.2, -0.15) is 0 Å². The summed E-state index contributed by atoms with van der Waals surface area (Å²) in [6.07, 6.45) is -0.315. The maximum atomic E-state index is 12.0. The molecule has 0 bridgehead atoms. The van der Waals surface area contributed by atoms with E-state index in [2.05, 4.69) is 22.5 Å². The fourth-order valence-corrected chi connectivity index (χ4v) is 3.33. The summed E-state index contributed by atoms with van der Waals surface area (Å²) in [6.45, 7) is 5.97. The van der Waals surface area contributed by atoms with Gasteiger partial charge in [-0.05, 0) is 29.7 Å². The van der Waals surface area contributed by atoms with E-state index in [1.165, 1.54) is 0 Å². The zero-order valence-electron chi connectivity index (χ0n) is 11.7. The number of carbonyl (C=O) groups is 1. The van der Waals surface area contributed by atoms with E-state index in [9.17, 15) is 4.79 Å². The Kier molecular flexibility index (Phi) is 3.68. The molecular weight excluding hydrogens is 328 g/mol. The third kappa shape index (κ3) is 2.42. The second kappa shape index (κ2) is 5.49. The standard InChI is InChI=1S/C18H15BrO2/c1-11-7-3-4-8-13(11)17-16(12(2)18(20)21-17)14-9-5-6-10-15(14)19/h3-10,16-17H,2H2,1H3/t16-,17+/m0/s1. The molecule has 1 fully saturated rings. The summed E-state index contributed by atoms with van der Waals surface area (Å²) in [6, 6.07) is 15.9. The molecule has 2 atom stereocenters. The molecule has 21 heavy (non-hydrogen) atoms. The van der Waals surface area contributed by atoms with Gasteiger partial charge in [0.25, 0.3) is 0 Å². The summed E-state index contributed by atoms with van der Waals surface area (Å²) in [5.41, 5.74) is 3.68. The van der Waals surface area contributed by atoms with Crippen LogP contribution < -0.4 is 0 Å². The van der Waals surface area contributed by atoms with E-state index in [1.54, 1.807) is 0 Å². The van der Waals surface area contributed by atoms with Crippen LogP contribution in [0.4, 0.5) is 0 Å². The zero-order chi connectivity index (χ0) is 15.0. The first-order valence-electron chi connectivity index (χ1n) is 6.79. The quantitative estimate of drug-likeness (QED) is 0.584. The van der Waals surface area contributed by atoms with Crippen LogP contribution in [0.3, 0.4) is 0 Å². The topological polar surface area (TPSA) is 26.3 Å². The Bertz CT molecular complexity index is 721. The second-order valence-electron chi connectivity index (χ2n) is 5.21. The summed E-state index contributed by atoms with van der Waals surface area (Å²) in [5.74, 6) is -0.474. The first-order valence-corrected chi connectivity index (χ1v) is 7.58. The van der Waals surface area contributed by atoms with E-state index in [1.807, 2.05) is 55.5 Å². The highest BCUT2D eigenvalue weighted by molar-refractivity contribution is 9.10. The summed E-state index contributed by atoms with van der Waals surface area (Å²) in [5, 5.41) is 0. The van der Waals surface area contributed by atoms with Crippen LogP contribution in [0.25, 0.3) is 0 Å². The van der Waals surface area contributed by atoms with E-state index in [4.69, 9.17) is 4.74 Å². The third-order valence-electron chi connectivity index (χ3n) is 3.91. The Morgan fingerprint density at radius 3 is 2.33 bits per heavy atom. The van der Waals surface area contributed by atoms with Gasteiger partial charge in [-0.3, -0.25) is 0 Å². The van der Waals surface area contributed by atoms with Crippen molar-refractivity contribution in [1.29, 1.82) is 0 Å². The fraction of sp³-hybridized carbons (Fsp3) is 0.167. The zero-order valence-corrected chi connectivity index (χ0v) is 13.3. The SMILES string of the molecule is C=C1C(=O)O[C@H](c2ccccc2C)[C@@H]1c1ccccc1Br. The Labute approximate surface area is 132 Å². The van der Waals surface area contributed by atoms with E-state index < -0.39 is 0 Å². The van der Waals surface area contributed by atoms with Crippen molar-refractivity contribution >= 4 is 21.9 Å². The molecule has 1 aliphatic rings. The number of hydrogen-bond acceptors (Lipinski definition) is 2. The van der Waals surface area contributed by atoms with Gasteiger partial charge in [0.15, 0.2) is 0 Å². The van der Waals surface area contributed by atoms with Gasteiger partial charge < -0.3 is 4.74 Å². The number of benzene rings is 2. The predicted molar refractivity (Wildman–Crippen MR) is 86.0 cm³/mol. The lowest BCUT2D eigenvalue weighted by Crippen LogP contribution is -2.09. The van der Waals surface area contributed by atoms with Crippen LogP contribution in [-0.2, 0) is 9.53 Å². The van der Waals surface area contributed by atoms with Crippen molar-refractivity contribution in [1.82, 2.24) is 0 Å². The third-order valence-corrected chi connectivity index (χ3v) is 4.63. The van der Waals surface area contributed by atoms with E-state index >= 15 is 0 Å². The lowest BCUT2D eigenvalue weighted by molar-refractivity contribution is -0.139. The molecule has 1 saturated heterocycles. The molecule has 0 spiro atoms. The van der Waals surface area contributed by atoms with Crippen molar-refractivity contribution in [2.75, 3.05) is 0 Å². The molecule has 2 aromatic rings. The first kappa shape index (κ1) is 14.1. The molecule has 2 nitrogen and oxygen atoms in total. The lowest BCUT2D eigenvalue weighted by Gasteiger charge is -2.21. The number of aryl methyl sites for hydroxylation is 1. The molecule has 0 unspecified atom stereocenters. The Hall–Kier alpha value is -1.87. The summed E-state index contributed by atoms with van der Waals surface area (Å²) < 4.78 is 6.57. The highest BCUT2D eigenvalue weighted by Crippen LogP contribution is 2.47. The van der Waals surface area contributed by atoms with Gasteiger partial charge in [0.1, 0.15) is 6.10 Å². The smallest absolute Gasteiger partial charge is 0.334 e. The normalized spacial score (nSPS) is 21.4. The van der Waals surface area contributed by atoms with Gasteiger partial charge in [-0.15, -0.1) is 0 Å². The largest absolute Gasteiger partial charge is 0.453 e. The number of rotatable bonds is 2. The number of halogens is 1. The van der Waals surface area contributed by atoms with Crippen molar-refractivity contribution in [3.8, 4) is 0 Å². The number of esters is 1. The summed E-state index contributed by atoms with van der Waals surface area (Å²) >= 11 is 3.56. The second-order valence-corrected chi connectivity index (χ2v) is 6.06. The van der Waals surface area contributed by atoms with Crippen LogP contribution >= 0.6 is 15.9 Å². The van der Waals surface area contributed by atoms with Gasteiger partial charge in [-0.25, -0.2) is 4.79 Å². The highest BCUT2D eigenvalue weighted by Gasteiger charge is 2.41. The Morgan fingerprint density at radius 1 is 1.05 bits per heavy atom. The molecule has 1 heterocycles. The molecule has 106 valence electrons. The molecule has 0 saturated carbocycles. The maximum Gasteiger partial charge on any atom is 0.334 e. The fourth-order valence-electron chi connectivity index (χ4n) is 2.80. The van der Waals surface area contributed by atoms with E-state index in [-0.39, 0.29) is 18.0 Å². The molecule has 0 amide bonds. The number of ether oxygens (including phenoxy) is 1. The monoisotopic (exact) mass is 342 g/mol. The Morgan fingerprint density at radius 2 is 1.67 bits per heavy atom. The van der Waals surface area contributed by atoms with Gasteiger partial charge in [0, 0.05) is 10.0 Å². The van der Waals surface area contributed by atoms with Gasteiger partial charge in [0.05, 0.1) is 5.92 Å². The van der Waals surface area contributed by atoms with Crippen LogP contribution in [0, 0.1) is 6.92 Å². The highest BCUT2D eigenvalue weighted by atomic mass is 79.9. The maximum absolute atomic E-state index is 12.0. The minimum absolute atomic E-state index is 0.158. The van der Waals surface area contributed by atoms with Crippen molar-refractivity contribution in [2.45, 2.75) is 18.9 Å². The van der Waals surface area contributed by atoms with Gasteiger partial charge >= 0.3 is 5.97 Å². The molecule has 3 heteroatoms. The molecule has 3 rings (SSSR count). The predicted octanol–water partition coefficient (Wildman–Crippen LogP) is 4.70. The average Bonchev–Trinajstić information content (AvgIpc) is 2.76. The van der Waals surface area contributed by atoms with Crippen LogP contribution in [-0.4, -0.2) is 5.97 Å². The van der Waals surface area contributed by atoms with Crippen LogP contribution in [0.15, 0.2) is 65.2 Å². The van der Waals surface area contributed by atoms with Crippen molar-refractivity contribution in [3.05, 3.63) is 81.8 Å². The molecule has 0 aromatic heterocycles. The summed E-state index contributed by atoms with van der Waals surface area (Å²) in [7, 11) is 0. The van der Waals surface area contributed by atoms with E-state index in [0.717, 1.165) is 21.2 Å². The van der Waals surface area contributed by atoms with Crippen molar-refractivity contribution in [3.63, 3.8) is 0 Å². The molecule has 1 aliphatic heterocycles. The molecular formula is C18H15BrO2. The number of hydrogen-bond donors (Lipinski definition) is 0. The average molecular weight is 343 g/mol. The number of carbonyl (C=O) groups excluding carboxylic acids is 1. The molecule has 0 aliphatic carbocycles. The van der Waals surface area contributed by atoms with Crippen LogP contribution in [0.5, 0.6) is 0 Å². The lowest BCUT2D eigenvalue weighted by atomic mass is 9.85. The first-order chi connectivity index (χ1) is 10.1. The van der Waals surface area contributed by atoms with Crippen LogP contribution in [0.2, 0.25) is 0 Å². The van der Waals surface area contributed by atoms with Gasteiger partial charge in [0.2, 0.25) is 0 Å². The van der Waals surface area contributed by atoms with Crippen molar-refractivity contribution < 1.29 is 9.53 Å². The van der Waals surface area contributed by atoms with Crippen LogP contribution in [0.1, 0.15) is 28.7 Å². The summed E-state index contributed by atoms with van der Waals surface area (Å²) in [4.78, 5) is 12.0. The number of cyclic esters (lactones) is 1. The van der Waals surface area contributed by atoms with Crippen molar-refractivity contribution in [2.24, 2.45) is 0 Å². The van der Waals surface area contributed by atoms with E-state index in [0.29, 0.717) is 5.57 Å². The molecule has 0 N–H and O–H groups in total. The molecule has 0 radical (unpaired) electrons. The minimum Gasteiger partial charge on any atom is -0.453 e. The molecule has 2 aromatic carbocycles. The Balaban J connectivity index is 2.12. The minimum atomic E-state index is -0.316. The van der Waals surface area contributed by atoms with Gasteiger partial charge in [-0.1, -0.05) is 65.0 Å².